The summed E-state index contributed by atoms with van der Waals surface area (Å²) in [6, 6.07) is 9.90. The highest BCUT2D eigenvalue weighted by molar-refractivity contribution is 9.10. The van der Waals surface area contributed by atoms with Gasteiger partial charge in [-0.2, -0.15) is 0 Å². The maximum atomic E-state index is 11.4. The van der Waals surface area contributed by atoms with E-state index in [0.717, 1.165) is 11.8 Å². The van der Waals surface area contributed by atoms with Gasteiger partial charge < -0.3 is 9.80 Å². The number of nitrogens with zero attached hydrogens (tertiary/aromatic N) is 4. The van der Waals surface area contributed by atoms with E-state index in [0.29, 0.717) is 16.2 Å². The topological polar surface area (TPSA) is 49.3 Å². The smallest absolute Gasteiger partial charge is 0.179 e. The summed E-state index contributed by atoms with van der Waals surface area (Å²) >= 11 is 3.32. The van der Waals surface area contributed by atoms with Crippen molar-refractivity contribution in [1.29, 1.82) is 0 Å². The molecular weight excluding hydrogens is 332 g/mol. The van der Waals surface area contributed by atoms with E-state index >= 15 is 0 Å². The van der Waals surface area contributed by atoms with Crippen molar-refractivity contribution in [2.45, 2.75) is 6.17 Å². The molecule has 2 aromatic rings. The summed E-state index contributed by atoms with van der Waals surface area (Å²) in [6.07, 6.45) is 5.88. The first-order chi connectivity index (χ1) is 10.2. The molecule has 21 heavy (non-hydrogen) atoms. The first kappa shape index (κ1) is 13.8. The van der Waals surface area contributed by atoms with Crippen LogP contribution in [0.4, 0.5) is 11.6 Å². The molecule has 0 saturated carbocycles. The highest BCUT2D eigenvalue weighted by Crippen LogP contribution is 2.35. The molecule has 0 radical (unpaired) electrons. The molecule has 0 spiro atoms. The molecular formula is C15H13BrN4O. The van der Waals surface area contributed by atoms with E-state index in [-0.39, 0.29) is 0 Å². The van der Waals surface area contributed by atoms with Crippen molar-refractivity contribution in [3.63, 3.8) is 0 Å². The highest BCUT2D eigenvalue weighted by Gasteiger charge is 2.34. The number of aromatic nitrogens is 2. The molecule has 5 nitrogen and oxygen atoms in total. The van der Waals surface area contributed by atoms with Gasteiger partial charge in [-0.1, -0.05) is 30.3 Å². The maximum absolute atomic E-state index is 11.4. The lowest BCUT2D eigenvalue weighted by Crippen LogP contribution is -2.39. The van der Waals surface area contributed by atoms with Crippen molar-refractivity contribution in [1.82, 2.24) is 9.97 Å². The Morgan fingerprint density at radius 3 is 2.71 bits per heavy atom. The first-order valence-electron chi connectivity index (χ1n) is 6.43. The lowest BCUT2D eigenvalue weighted by molar-refractivity contribution is -0.108. The van der Waals surface area contributed by atoms with E-state index in [4.69, 9.17) is 0 Å². The molecule has 0 N–H and O–H groups in total. The Morgan fingerprint density at radius 1 is 1.24 bits per heavy atom. The fraction of sp³-hybridized carbons (Fsp3) is 0.133. The van der Waals surface area contributed by atoms with Gasteiger partial charge in [-0.05, 0) is 27.6 Å². The van der Waals surface area contributed by atoms with Gasteiger partial charge in [0.1, 0.15) is 4.60 Å². The number of hydrogen-bond acceptors (Lipinski definition) is 5. The second-order valence-corrected chi connectivity index (χ2v) is 5.45. The number of rotatable bonds is 3. The highest BCUT2D eigenvalue weighted by atomic mass is 79.9. The number of carbonyl (C=O) groups excluding carboxylic acids is 1. The summed E-state index contributed by atoms with van der Waals surface area (Å²) in [6.45, 7) is 0. The predicted molar refractivity (Wildman–Crippen MR) is 85.9 cm³/mol. The number of fused-ring (bicyclic) bond motifs is 1. The third-order valence-corrected chi connectivity index (χ3v) is 3.70. The van der Waals surface area contributed by atoms with Gasteiger partial charge in [-0.15, -0.1) is 0 Å². The minimum atomic E-state index is -0.436. The van der Waals surface area contributed by atoms with Crippen molar-refractivity contribution in [3.8, 4) is 0 Å². The van der Waals surface area contributed by atoms with Crippen molar-refractivity contribution in [3.05, 3.63) is 52.9 Å². The number of anilines is 2. The zero-order valence-corrected chi connectivity index (χ0v) is 12.9. The zero-order chi connectivity index (χ0) is 14.8. The number of halogens is 1. The van der Waals surface area contributed by atoms with Crippen LogP contribution < -0.4 is 9.80 Å². The maximum Gasteiger partial charge on any atom is 0.179 e. The molecule has 106 valence electrons. The predicted octanol–water partition coefficient (Wildman–Crippen LogP) is 2.69. The van der Waals surface area contributed by atoms with Gasteiger partial charge >= 0.3 is 0 Å². The van der Waals surface area contributed by atoms with Crippen molar-refractivity contribution in [2.24, 2.45) is 0 Å². The Labute approximate surface area is 131 Å². The molecule has 0 aliphatic carbocycles. The van der Waals surface area contributed by atoms with Gasteiger partial charge in [0.2, 0.25) is 0 Å². The third-order valence-electron chi connectivity index (χ3n) is 3.32. The van der Waals surface area contributed by atoms with Gasteiger partial charge in [0.25, 0.3) is 0 Å². The van der Waals surface area contributed by atoms with E-state index in [1.54, 1.807) is 11.1 Å². The molecule has 1 aliphatic heterocycles. The van der Waals surface area contributed by atoms with Crippen molar-refractivity contribution in [2.75, 3.05) is 16.8 Å². The van der Waals surface area contributed by atoms with E-state index in [2.05, 4.69) is 25.9 Å². The molecule has 0 amide bonds. The molecule has 3 rings (SSSR count). The van der Waals surface area contributed by atoms with Crippen LogP contribution in [0.25, 0.3) is 6.08 Å². The second-order valence-electron chi connectivity index (χ2n) is 4.63. The molecule has 6 heteroatoms. The number of hydrogen-bond donors (Lipinski definition) is 0. The van der Waals surface area contributed by atoms with Crippen LogP contribution in [0.3, 0.4) is 0 Å². The molecule has 0 unspecified atom stereocenters. The van der Waals surface area contributed by atoms with Crippen LogP contribution in [-0.4, -0.2) is 29.5 Å². The Morgan fingerprint density at radius 2 is 2.00 bits per heavy atom. The largest absolute Gasteiger partial charge is 0.330 e. The lowest BCUT2D eigenvalue weighted by atomic mass is 10.2. The van der Waals surface area contributed by atoms with E-state index in [9.17, 15) is 4.79 Å². The fourth-order valence-electron chi connectivity index (χ4n) is 2.26. The second kappa shape index (κ2) is 5.65. The average molecular weight is 345 g/mol. The molecule has 0 bridgehead atoms. The van der Waals surface area contributed by atoms with Gasteiger partial charge in [-0.25, -0.2) is 9.97 Å². The summed E-state index contributed by atoms with van der Waals surface area (Å²) in [5, 5.41) is 0. The van der Waals surface area contributed by atoms with Crippen molar-refractivity contribution >= 4 is 39.9 Å². The monoisotopic (exact) mass is 344 g/mol. The van der Waals surface area contributed by atoms with Crippen LogP contribution in [0.1, 0.15) is 5.56 Å². The summed E-state index contributed by atoms with van der Waals surface area (Å²) in [5.74, 6) is 1.35. The molecule has 1 aromatic heterocycles. The minimum absolute atomic E-state index is 0.436. The van der Waals surface area contributed by atoms with Crippen LogP contribution in [0.5, 0.6) is 0 Å². The number of carbonyl (C=O) groups is 1. The number of likely N-dealkylation sites (N-methyl/N-ethyl adjacent to an activating group) is 1. The number of aldehydes is 1. The number of benzene rings is 1. The quantitative estimate of drug-likeness (QED) is 0.801. The average Bonchev–Trinajstić information content (AvgIpc) is 2.77. The lowest BCUT2D eigenvalue weighted by Gasteiger charge is -2.21. The third kappa shape index (κ3) is 2.54. The molecule has 0 fully saturated rings. The molecule has 2 heterocycles. The van der Waals surface area contributed by atoms with Crippen LogP contribution in [0.2, 0.25) is 0 Å². The summed E-state index contributed by atoms with van der Waals surface area (Å²) in [4.78, 5) is 23.8. The van der Waals surface area contributed by atoms with Crippen LogP contribution in [0.15, 0.2) is 47.3 Å². The zero-order valence-electron chi connectivity index (χ0n) is 11.3. The standard InChI is InChI=1S/C15H13BrN4O/c1-19-13(10-21)20(8-7-11-5-3-2-4-6-11)15-14(19)17-9-12(16)18-15/h2-10,13H,1H3/t13-/m1/s1. The molecule has 1 aromatic carbocycles. The molecule has 1 aliphatic rings. The minimum Gasteiger partial charge on any atom is -0.330 e. The van der Waals surface area contributed by atoms with Gasteiger partial charge in [0, 0.05) is 13.2 Å². The van der Waals surface area contributed by atoms with Gasteiger partial charge in [0.15, 0.2) is 24.1 Å². The van der Waals surface area contributed by atoms with Crippen LogP contribution in [-0.2, 0) is 4.79 Å². The normalized spacial score (nSPS) is 17.3. The van der Waals surface area contributed by atoms with E-state index in [1.807, 2.05) is 54.6 Å². The summed E-state index contributed by atoms with van der Waals surface area (Å²) in [5.41, 5.74) is 1.06. The van der Waals surface area contributed by atoms with Gasteiger partial charge in [-0.3, -0.25) is 4.79 Å². The van der Waals surface area contributed by atoms with Crippen molar-refractivity contribution < 1.29 is 4.79 Å². The van der Waals surface area contributed by atoms with E-state index in [1.165, 1.54) is 0 Å². The van der Waals surface area contributed by atoms with Crippen LogP contribution >= 0.6 is 15.9 Å². The Balaban J connectivity index is 1.99. The first-order valence-corrected chi connectivity index (χ1v) is 7.22. The molecule has 0 saturated heterocycles. The Hall–Kier alpha value is -2.21. The Bertz CT molecular complexity index is 689. The summed E-state index contributed by atoms with van der Waals surface area (Å²) < 4.78 is 0.638. The summed E-state index contributed by atoms with van der Waals surface area (Å²) in [7, 11) is 1.83. The van der Waals surface area contributed by atoms with E-state index < -0.39 is 6.17 Å². The Kier molecular flexibility index (Phi) is 3.70. The van der Waals surface area contributed by atoms with Gasteiger partial charge in [0.05, 0.1) is 6.20 Å². The molecule has 1 atom stereocenters. The SMILES string of the molecule is CN1c2ncc(Br)nc2N(C=Cc2ccccc2)[C@@H]1C=O. The van der Waals surface area contributed by atoms with Crippen LogP contribution in [0, 0.1) is 0 Å². The fourth-order valence-corrected chi connectivity index (χ4v) is 2.53.